The highest BCUT2D eigenvalue weighted by Gasteiger charge is 2.35. The summed E-state index contributed by atoms with van der Waals surface area (Å²) in [4.78, 5) is 24.7. The number of benzene rings is 1. The number of anilines is 1. The average Bonchev–Trinajstić information content (AvgIpc) is 2.84. The first-order chi connectivity index (χ1) is 17.3. The van der Waals surface area contributed by atoms with E-state index in [2.05, 4.69) is 15.6 Å². The van der Waals surface area contributed by atoms with Crippen molar-refractivity contribution in [3.8, 4) is 5.75 Å². The van der Waals surface area contributed by atoms with Gasteiger partial charge in [-0.05, 0) is 63.9 Å². The van der Waals surface area contributed by atoms with Gasteiger partial charge in [0, 0.05) is 17.7 Å². The number of carboxylic acid groups (broad SMARTS) is 1. The zero-order valence-electron chi connectivity index (χ0n) is 20.7. The summed E-state index contributed by atoms with van der Waals surface area (Å²) in [6.07, 6.45) is -0.505. The highest BCUT2D eigenvalue weighted by Crippen LogP contribution is 2.35. The summed E-state index contributed by atoms with van der Waals surface area (Å²) in [5.74, 6) is -0.757. The Kier molecular flexibility index (Phi) is 10.7. The third kappa shape index (κ3) is 8.58. The molecule has 1 atom stereocenters. The number of rotatable bonds is 8. The molecule has 0 aliphatic heterocycles. The average molecular weight is 546 g/mol. The van der Waals surface area contributed by atoms with Crippen LogP contribution in [0.1, 0.15) is 60.3 Å². The van der Waals surface area contributed by atoms with Gasteiger partial charge in [0.1, 0.15) is 17.7 Å². The van der Waals surface area contributed by atoms with Gasteiger partial charge in [0.05, 0.1) is 41.6 Å². The fourth-order valence-electron chi connectivity index (χ4n) is 4.06. The zero-order chi connectivity index (χ0) is 27.8. The van der Waals surface area contributed by atoms with Crippen LogP contribution in [-0.4, -0.2) is 53.8 Å². The molecular formula is C25H31ClF3N3O5. The molecule has 204 valence electrons. The van der Waals surface area contributed by atoms with Crippen LogP contribution >= 0.6 is 11.6 Å². The Labute approximate surface area is 218 Å². The molecule has 37 heavy (non-hydrogen) atoms. The molecule has 1 aliphatic carbocycles. The fourth-order valence-corrected chi connectivity index (χ4v) is 4.31. The lowest BCUT2D eigenvalue weighted by Crippen LogP contribution is -2.43. The Morgan fingerprint density at radius 2 is 1.97 bits per heavy atom. The molecule has 1 aliphatic rings. The van der Waals surface area contributed by atoms with Gasteiger partial charge in [0.15, 0.2) is 0 Å². The molecular weight excluding hydrogens is 515 g/mol. The number of hydrogen-bond donors (Lipinski definition) is 4. The van der Waals surface area contributed by atoms with E-state index in [-0.39, 0.29) is 22.3 Å². The summed E-state index contributed by atoms with van der Waals surface area (Å²) in [5, 5.41) is 24.9. The minimum absolute atomic E-state index is 0.226. The van der Waals surface area contributed by atoms with Crippen LogP contribution < -0.4 is 15.4 Å². The van der Waals surface area contributed by atoms with Gasteiger partial charge in [0.2, 0.25) is 0 Å². The second kappa shape index (κ2) is 13.1. The minimum atomic E-state index is -4.55. The first kappa shape index (κ1) is 30.3. The molecule has 4 N–H and O–H groups in total. The molecule has 0 amide bonds. The maximum absolute atomic E-state index is 12.9. The van der Waals surface area contributed by atoms with E-state index in [1.807, 2.05) is 0 Å². The van der Waals surface area contributed by atoms with E-state index in [9.17, 15) is 27.9 Å². The Morgan fingerprint density at radius 1 is 1.32 bits per heavy atom. The number of halogens is 4. The van der Waals surface area contributed by atoms with Crippen LogP contribution in [0.4, 0.5) is 18.9 Å². The molecule has 8 nitrogen and oxygen atoms in total. The molecule has 1 heterocycles. The van der Waals surface area contributed by atoms with Crippen LogP contribution in [0.5, 0.6) is 5.75 Å². The molecule has 1 aromatic carbocycles. The molecule has 0 bridgehead atoms. The molecule has 1 aromatic heterocycles. The maximum Gasteiger partial charge on any atom is 0.433 e. The maximum atomic E-state index is 12.9. The summed E-state index contributed by atoms with van der Waals surface area (Å²) >= 11 is 6.07. The summed E-state index contributed by atoms with van der Waals surface area (Å²) in [7, 11) is 3.15. The Bertz CT molecular complexity index is 1080. The van der Waals surface area contributed by atoms with Crippen molar-refractivity contribution in [1.82, 2.24) is 10.3 Å². The van der Waals surface area contributed by atoms with E-state index in [0.29, 0.717) is 49.8 Å². The second-order valence-electron chi connectivity index (χ2n) is 8.90. The van der Waals surface area contributed by atoms with Gasteiger partial charge in [0.25, 0.3) is 0 Å². The number of methoxy groups -OCH3 is 1. The Hall–Kier alpha value is -2.89. The number of aliphatic hydroxyl groups is 1. The number of carbonyl (C=O) groups excluding carboxylic acids is 1. The number of alkyl halides is 3. The largest absolute Gasteiger partial charge is 0.495 e. The van der Waals surface area contributed by atoms with Gasteiger partial charge in [-0.25, -0.2) is 4.98 Å². The predicted molar refractivity (Wildman–Crippen MR) is 133 cm³/mol. The molecule has 3 rings (SSSR count). The van der Waals surface area contributed by atoms with Gasteiger partial charge in [-0.3, -0.25) is 9.59 Å². The third-order valence-electron chi connectivity index (χ3n) is 6.15. The Morgan fingerprint density at radius 3 is 2.46 bits per heavy atom. The lowest BCUT2D eigenvalue weighted by atomic mass is 9.79. The number of hydrogen-bond acceptors (Lipinski definition) is 7. The summed E-state index contributed by atoms with van der Waals surface area (Å²) < 4.78 is 43.7. The van der Waals surface area contributed by atoms with Gasteiger partial charge in [-0.2, -0.15) is 13.2 Å². The van der Waals surface area contributed by atoms with E-state index in [1.165, 1.54) is 13.2 Å². The molecule has 2 aromatic rings. The number of ether oxygens (including phenoxy) is 1. The number of likely N-dealkylation sites (N-methyl/N-ethyl adjacent to an activating group) is 1. The number of nitrogens with one attached hydrogen (secondary N) is 2. The second-order valence-corrected chi connectivity index (χ2v) is 9.31. The predicted octanol–water partition coefficient (Wildman–Crippen LogP) is 4.96. The number of carbonyl (C=O) groups is 2. The first-order valence-corrected chi connectivity index (χ1v) is 11.9. The van der Waals surface area contributed by atoms with Crippen LogP contribution in [0, 0.1) is 5.92 Å². The smallest absolute Gasteiger partial charge is 0.433 e. The Balaban J connectivity index is 0.000000312. The van der Waals surface area contributed by atoms with Crippen molar-refractivity contribution >= 4 is 29.5 Å². The number of pyridine rings is 1. The SMILES string of the molecule is CNCC1(O)CCC(C(=O)O)CC1.COc1cnc(C(F)(F)F)cc1[C@H](C)Nc1ccc(C=O)cc1Cl. The minimum Gasteiger partial charge on any atom is -0.495 e. The highest BCUT2D eigenvalue weighted by atomic mass is 35.5. The number of aldehydes is 1. The van der Waals surface area contributed by atoms with Crippen LogP contribution in [0.25, 0.3) is 0 Å². The van der Waals surface area contributed by atoms with Crippen molar-refractivity contribution in [2.24, 2.45) is 5.92 Å². The monoisotopic (exact) mass is 545 g/mol. The summed E-state index contributed by atoms with van der Waals surface area (Å²) in [6.45, 7) is 2.22. The van der Waals surface area contributed by atoms with Crippen molar-refractivity contribution in [1.29, 1.82) is 0 Å². The summed E-state index contributed by atoms with van der Waals surface area (Å²) in [5.41, 5.74) is -0.508. The lowest BCUT2D eigenvalue weighted by Gasteiger charge is -2.34. The van der Waals surface area contributed by atoms with E-state index < -0.39 is 29.5 Å². The fraction of sp³-hybridized carbons (Fsp3) is 0.480. The van der Waals surface area contributed by atoms with Crippen LogP contribution in [0.15, 0.2) is 30.5 Å². The van der Waals surface area contributed by atoms with E-state index in [4.69, 9.17) is 21.4 Å². The van der Waals surface area contributed by atoms with E-state index in [0.717, 1.165) is 12.3 Å². The molecule has 0 saturated heterocycles. The van der Waals surface area contributed by atoms with Crippen molar-refractivity contribution in [2.75, 3.05) is 26.0 Å². The van der Waals surface area contributed by atoms with E-state index >= 15 is 0 Å². The van der Waals surface area contributed by atoms with Crippen molar-refractivity contribution in [3.05, 3.63) is 52.3 Å². The van der Waals surface area contributed by atoms with Gasteiger partial charge >= 0.3 is 12.1 Å². The van der Waals surface area contributed by atoms with Crippen molar-refractivity contribution in [3.63, 3.8) is 0 Å². The van der Waals surface area contributed by atoms with Crippen LogP contribution in [-0.2, 0) is 11.0 Å². The van der Waals surface area contributed by atoms with Crippen molar-refractivity contribution in [2.45, 2.75) is 50.4 Å². The molecule has 1 fully saturated rings. The van der Waals surface area contributed by atoms with E-state index in [1.54, 1.807) is 26.1 Å². The molecule has 0 spiro atoms. The first-order valence-electron chi connectivity index (χ1n) is 11.6. The third-order valence-corrected chi connectivity index (χ3v) is 6.46. The number of carboxylic acids is 1. The van der Waals surface area contributed by atoms with Crippen molar-refractivity contribution < 1.29 is 37.7 Å². The van der Waals surface area contributed by atoms with Gasteiger partial charge in [-0.1, -0.05) is 11.6 Å². The normalized spacial score (nSPS) is 20.3. The molecule has 0 radical (unpaired) electrons. The number of aromatic nitrogens is 1. The molecule has 0 unspecified atom stereocenters. The molecule has 1 saturated carbocycles. The zero-order valence-corrected chi connectivity index (χ0v) is 21.5. The highest BCUT2D eigenvalue weighted by molar-refractivity contribution is 6.33. The summed E-state index contributed by atoms with van der Waals surface area (Å²) in [6, 6.07) is 5.00. The van der Waals surface area contributed by atoms with Gasteiger partial charge < -0.3 is 25.6 Å². The number of aliphatic carboxylic acids is 1. The van der Waals surface area contributed by atoms with Gasteiger partial charge in [-0.15, -0.1) is 0 Å². The lowest BCUT2D eigenvalue weighted by molar-refractivity contribution is -0.144. The molecule has 12 heteroatoms. The quantitative estimate of drug-likeness (QED) is 0.344. The topological polar surface area (TPSA) is 121 Å². The number of nitrogens with zero attached hydrogens (tertiary/aromatic N) is 1. The standard InChI is InChI=1S/C16H14ClF3N2O2.C9H17NO3/c1-9(22-13-4-3-10(8-23)5-12(13)17)11-6-15(16(18,19)20)21-7-14(11)24-2;1-10-6-9(13)4-2-7(3-5-9)8(11)12/h3-9,22H,1-2H3;7,10,13H,2-6H2,1H3,(H,11,12)/t9-;/m0./s1. The van der Waals surface area contributed by atoms with Crippen LogP contribution in [0.3, 0.4) is 0 Å². The van der Waals surface area contributed by atoms with Crippen LogP contribution in [0.2, 0.25) is 5.02 Å².